The van der Waals surface area contributed by atoms with Gasteiger partial charge in [0.15, 0.2) is 5.15 Å². The van der Waals surface area contributed by atoms with Crippen molar-refractivity contribution < 1.29 is 19.8 Å². The molecule has 7 heteroatoms. The van der Waals surface area contributed by atoms with E-state index in [0.717, 1.165) is 0 Å². The summed E-state index contributed by atoms with van der Waals surface area (Å²) in [5.74, 6) is -2.06. The van der Waals surface area contributed by atoms with Crippen molar-refractivity contribution in [2.24, 2.45) is 0 Å². The highest BCUT2D eigenvalue weighted by Gasteiger charge is 2.15. The third-order valence-corrected chi connectivity index (χ3v) is 2.29. The monoisotopic (exact) mass is 258 g/mol. The van der Waals surface area contributed by atoms with Gasteiger partial charge in [-0.3, -0.25) is 9.59 Å². The van der Waals surface area contributed by atoms with Gasteiger partial charge in [0.2, 0.25) is 0 Å². The number of carbonyl (C=O) groups is 2. The first-order valence-corrected chi connectivity index (χ1v) is 5.17. The summed E-state index contributed by atoms with van der Waals surface area (Å²) >= 11 is 5.82. The lowest BCUT2D eigenvalue weighted by molar-refractivity contribution is -0.138. The van der Waals surface area contributed by atoms with Gasteiger partial charge in [-0.15, -0.1) is 0 Å². The summed E-state index contributed by atoms with van der Waals surface area (Å²) in [7, 11) is 0. The molecule has 1 aromatic rings. The largest absolute Gasteiger partial charge is 0.481 e. The number of hydrogen-bond donors (Lipinski definition) is 2. The highest BCUT2D eigenvalue weighted by molar-refractivity contribution is 6.32. The number of aliphatic carboxylic acids is 2. The van der Waals surface area contributed by atoms with Gasteiger partial charge >= 0.3 is 11.9 Å². The van der Waals surface area contributed by atoms with Crippen LogP contribution >= 0.6 is 11.6 Å². The molecule has 1 aromatic heterocycles. The van der Waals surface area contributed by atoms with Gasteiger partial charge in [0.05, 0.1) is 12.1 Å². The van der Waals surface area contributed by atoms with E-state index in [1.807, 2.05) is 0 Å². The Morgan fingerprint density at radius 2 is 2.06 bits per heavy atom. The molecular weight excluding hydrogens is 248 g/mol. The van der Waals surface area contributed by atoms with Crippen LogP contribution in [0.15, 0.2) is 18.3 Å². The SMILES string of the molecule is O=C(O)CCN(CC(=O)O)c1cccnc1Cl. The van der Waals surface area contributed by atoms with E-state index in [4.69, 9.17) is 21.8 Å². The van der Waals surface area contributed by atoms with Crippen LogP contribution in [0.1, 0.15) is 6.42 Å². The maximum atomic E-state index is 10.7. The summed E-state index contributed by atoms with van der Waals surface area (Å²) in [6.07, 6.45) is 1.31. The molecule has 0 bridgehead atoms. The van der Waals surface area contributed by atoms with E-state index in [2.05, 4.69) is 4.98 Å². The fourth-order valence-corrected chi connectivity index (χ4v) is 1.53. The lowest BCUT2D eigenvalue weighted by Crippen LogP contribution is -2.32. The molecule has 0 saturated heterocycles. The van der Waals surface area contributed by atoms with Crippen LogP contribution < -0.4 is 4.90 Å². The summed E-state index contributed by atoms with van der Waals surface area (Å²) in [4.78, 5) is 26.4. The summed E-state index contributed by atoms with van der Waals surface area (Å²) in [5, 5.41) is 17.5. The summed E-state index contributed by atoms with van der Waals surface area (Å²) < 4.78 is 0. The molecular formula is C10H11ClN2O4. The smallest absolute Gasteiger partial charge is 0.323 e. The van der Waals surface area contributed by atoms with E-state index in [-0.39, 0.29) is 24.7 Å². The Morgan fingerprint density at radius 1 is 1.35 bits per heavy atom. The number of rotatable bonds is 6. The van der Waals surface area contributed by atoms with Crippen LogP contribution in [0.2, 0.25) is 5.15 Å². The van der Waals surface area contributed by atoms with Crippen LogP contribution in [-0.4, -0.2) is 40.2 Å². The minimum atomic E-state index is -1.06. The van der Waals surface area contributed by atoms with E-state index in [9.17, 15) is 9.59 Å². The quantitative estimate of drug-likeness (QED) is 0.743. The average Bonchev–Trinajstić information content (AvgIpc) is 2.24. The molecule has 0 aliphatic carbocycles. The Hall–Kier alpha value is -1.82. The van der Waals surface area contributed by atoms with Gasteiger partial charge < -0.3 is 15.1 Å². The van der Waals surface area contributed by atoms with Crippen molar-refractivity contribution in [1.29, 1.82) is 0 Å². The Labute approximate surface area is 102 Å². The molecule has 17 heavy (non-hydrogen) atoms. The van der Waals surface area contributed by atoms with Crippen molar-refractivity contribution in [3.63, 3.8) is 0 Å². The van der Waals surface area contributed by atoms with E-state index >= 15 is 0 Å². The van der Waals surface area contributed by atoms with Gasteiger partial charge in [-0.05, 0) is 12.1 Å². The molecule has 0 aliphatic heterocycles. The van der Waals surface area contributed by atoms with Crippen molar-refractivity contribution in [1.82, 2.24) is 4.98 Å². The fourth-order valence-electron chi connectivity index (χ4n) is 1.29. The third-order valence-electron chi connectivity index (χ3n) is 2.00. The Kier molecular flexibility index (Phi) is 4.71. The number of hydrogen-bond acceptors (Lipinski definition) is 4. The van der Waals surface area contributed by atoms with Crippen LogP contribution in [-0.2, 0) is 9.59 Å². The molecule has 0 saturated carbocycles. The first kappa shape index (κ1) is 13.2. The predicted molar refractivity (Wildman–Crippen MR) is 61.3 cm³/mol. The Morgan fingerprint density at radius 3 is 2.59 bits per heavy atom. The lowest BCUT2D eigenvalue weighted by atomic mass is 10.3. The van der Waals surface area contributed by atoms with Crippen LogP contribution in [0.5, 0.6) is 0 Å². The molecule has 1 rings (SSSR count). The zero-order valence-corrected chi connectivity index (χ0v) is 9.59. The number of halogens is 1. The molecule has 0 atom stereocenters. The molecule has 0 aliphatic rings. The van der Waals surface area contributed by atoms with Gasteiger partial charge in [0.25, 0.3) is 0 Å². The highest BCUT2D eigenvalue weighted by atomic mass is 35.5. The average molecular weight is 259 g/mol. The molecule has 6 nitrogen and oxygen atoms in total. The highest BCUT2D eigenvalue weighted by Crippen LogP contribution is 2.22. The second-order valence-electron chi connectivity index (χ2n) is 3.27. The molecule has 0 radical (unpaired) electrons. The normalized spacial score (nSPS) is 9.94. The van der Waals surface area contributed by atoms with Gasteiger partial charge in [-0.1, -0.05) is 11.6 Å². The molecule has 0 aromatic carbocycles. The van der Waals surface area contributed by atoms with Crippen molar-refractivity contribution >= 4 is 29.2 Å². The number of aromatic nitrogens is 1. The van der Waals surface area contributed by atoms with E-state index < -0.39 is 11.9 Å². The van der Waals surface area contributed by atoms with Gasteiger partial charge in [0.1, 0.15) is 6.54 Å². The molecule has 2 N–H and O–H groups in total. The lowest BCUT2D eigenvalue weighted by Gasteiger charge is -2.22. The van der Waals surface area contributed by atoms with Crippen molar-refractivity contribution in [2.45, 2.75) is 6.42 Å². The van der Waals surface area contributed by atoms with Gasteiger partial charge in [-0.2, -0.15) is 0 Å². The second kappa shape index (κ2) is 6.05. The maximum absolute atomic E-state index is 10.7. The van der Waals surface area contributed by atoms with Crippen molar-refractivity contribution in [3.05, 3.63) is 23.5 Å². The molecule has 0 spiro atoms. The summed E-state index contributed by atoms with van der Waals surface area (Å²) in [6.45, 7) is -0.258. The number of carboxylic acid groups (broad SMARTS) is 2. The minimum absolute atomic E-state index is 0.0625. The Bertz CT molecular complexity index is 425. The van der Waals surface area contributed by atoms with E-state index in [0.29, 0.717) is 5.69 Å². The zero-order chi connectivity index (χ0) is 12.8. The molecule has 1 heterocycles. The number of carboxylic acids is 2. The summed E-state index contributed by atoms with van der Waals surface area (Å²) in [5.41, 5.74) is 0.415. The second-order valence-corrected chi connectivity index (χ2v) is 3.63. The van der Waals surface area contributed by atoms with E-state index in [1.54, 1.807) is 12.1 Å². The third kappa shape index (κ3) is 4.28. The van der Waals surface area contributed by atoms with Crippen LogP contribution in [0.3, 0.4) is 0 Å². The fraction of sp³-hybridized carbons (Fsp3) is 0.300. The van der Waals surface area contributed by atoms with Crippen molar-refractivity contribution in [3.8, 4) is 0 Å². The summed E-state index contributed by atoms with van der Waals surface area (Å²) in [6, 6.07) is 3.21. The topological polar surface area (TPSA) is 90.7 Å². The maximum Gasteiger partial charge on any atom is 0.323 e. The van der Waals surface area contributed by atoms with Crippen LogP contribution in [0.4, 0.5) is 5.69 Å². The first-order chi connectivity index (χ1) is 8.00. The number of pyridine rings is 1. The van der Waals surface area contributed by atoms with Crippen LogP contribution in [0, 0.1) is 0 Å². The van der Waals surface area contributed by atoms with Gasteiger partial charge in [0, 0.05) is 12.7 Å². The molecule has 0 fully saturated rings. The first-order valence-electron chi connectivity index (χ1n) is 4.79. The Balaban J connectivity index is 2.85. The number of anilines is 1. The minimum Gasteiger partial charge on any atom is -0.481 e. The predicted octanol–water partition coefficient (Wildman–Crippen LogP) is 1.10. The van der Waals surface area contributed by atoms with Gasteiger partial charge in [-0.25, -0.2) is 4.98 Å². The number of nitrogens with zero attached hydrogens (tertiary/aromatic N) is 2. The van der Waals surface area contributed by atoms with Crippen molar-refractivity contribution in [2.75, 3.05) is 18.0 Å². The zero-order valence-electron chi connectivity index (χ0n) is 8.84. The molecule has 0 unspecified atom stereocenters. The molecule has 0 amide bonds. The van der Waals surface area contributed by atoms with Crippen LogP contribution in [0.25, 0.3) is 0 Å². The molecule has 92 valence electrons. The van der Waals surface area contributed by atoms with E-state index in [1.165, 1.54) is 11.1 Å². The standard InChI is InChI=1S/C10H11ClN2O4/c11-10-7(2-1-4-12-10)13(6-9(16)17)5-3-8(14)15/h1-2,4H,3,5-6H2,(H,14,15)(H,16,17).